The van der Waals surface area contributed by atoms with E-state index in [0.29, 0.717) is 5.41 Å². The number of fused-ring (bicyclic) bond motifs is 1. The molecular formula is C19H26N2. The van der Waals surface area contributed by atoms with Crippen molar-refractivity contribution in [1.29, 1.82) is 0 Å². The van der Waals surface area contributed by atoms with Crippen molar-refractivity contribution in [2.24, 2.45) is 11.3 Å². The molecule has 3 aliphatic rings. The van der Waals surface area contributed by atoms with Crippen LogP contribution >= 0.6 is 0 Å². The van der Waals surface area contributed by atoms with Crippen LogP contribution in [0.3, 0.4) is 0 Å². The fourth-order valence-corrected chi connectivity index (χ4v) is 4.26. The summed E-state index contributed by atoms with van der Waals surface area (Å²) < 4.78 is 0. The van der Waals surface area contributed by atoms with Gasteiger partial charge in [0.05, 0.1) is 0 Å². The van der Waals surface area contributed by atoms with Crippen molar-refractivity contribution in [3.05, 3.63) is 41.5 Å². The topological polar surface area (TPSA) is 24.1 Å². The predicted octanol–water partition coefficient (Wildman–Crippen LogP) is 2.99. The monoisotopic (exact) mass is 282 g/mol. The molecule has 3 atom stereocenters. The van der Waals surface area contributed by atoms with Crippen LogP contribution in [-0.2, 0) is 6.42 Å². The highest BCUT2D eigenvalue weighted by Gasteiger charge is 2.49. The summed E-state index contributed by atoms with van der Waals surface area (Å²) >= 11 is 0. The average Bonchev–Trinajstić information content (AvgIpc) is 3.28. The standard InChI is InChI=1S/C19H26N2/c1-19(9-6-14-4-2-3-5-15(14)13-19)17-12-18(17)21-16-7-10-20-11-8-16/h2-6,9,16-18,20-21H,7-8,10-13H2,1H3/t17-,18-,19?/m0/s1. The molecule has 1 unspecified atom stereocenters. The van der Waals surface area contributed by atoms with Crippen LogP contribution in [0.4, 0.5) is 0 Å². The predicted molar refractivity (Wildman–Crippen MR) is 88.2 cm³/mol. The van der Waals surface area contributed by atoms with Crippen molar-refractivity contribution in [2.45, 2.75) is 44.7 Å². The first-order valence-corrected chi connectivity index (χ1v) is 8.48. The van der Waals surface area contributed by atoms with Crippen molar-refractivity contribution in [3.8, 4) is 0 Å². The fraction of sp³-hybridized carbons (Fsp3) is 0.579. The molecule has 21 heavy (non-hydrogen) atoms. The summed E-state index contributed by atoms with van der Waals surface area (Å²) in [6, 6.07) is 10.3. The van der Waals surface area contributed by atoms with Gasteiger partial charge in [-0.05, 0) is 61.2 Å². The van der Waals surface area contributed by atoms with Crippen LogP contribution in [0.15, 0.2) is 30.3 Å². The Morgan fingerprint density at radius 1 is 1.19 bits per heavy atom. The molecule has 1 heterocycles. The summed E-state index contributed by atoms with van der Waals surface area (Å²) in [4.78, 5) is 0. The second-order valence-electron chi connectivity index (χ2n) is 7.35. The quantitative estimate of drug-likeness (QED) is 0.890. The Hall–Kier alpha value is -1.12. The third-order valence-electron chi connectivity index (χ3n) is 5.70. The number of benzene rings is 1. The van der Waals surface area contributed by atoms with Crippen molar-refractivity contribution < 1.29 is 0 Å². The summed E-state index contributed by atoms with van der Waals surface area (Å²) in [6.45, 7) is 4.81. The van der Waals surface area contributed by atoms with Crippen molar-refractivity contribution in [3.63, 3.8) is 0 Å². The van der Waals surface area contributed by atoms with Gasteiger partial charge in [-0.3, -0.25) is 0 Å². The van der Waals surface area contributed by atoms with Crippen LogP contribution in [0.25, 0.3) is 6.08 Å². The molecule has 1 aromatic carbocycles. The molecule has 0 aromatic heterocycles. The zero-order chi connectivity index (χ0) is 14.3. The van der Waals surface area contributed by atoms with Gasteiger partial charge >= 0.3 is 0 Å². The van der Waals surface area contributed by atoms with Crippen LogP contribution < -0.4 is 10.6 Å². The maximum atomic E-state index is 3.92. The van der Waals surface area contributed by atoms with Gasteiger partial charge in [-0.15, -0.1) is 0 Å². The molecule has 0 amide bonds. The first-order valence-electron chi connectivity index (χ1n) is 8.48. The molecule has 2 fully saturated rings. The van der Waals surface area contributed by atoms with E-state index in [0.717, 1.165) is 18.0 Å². The van der Waals surface area contributed by atoms with Gasteiger partial charge in [-0.2, -0.15) is 0 Å². The molecule has 2 nitrogen and oxygen atoms in total. The van der Waals surface area contributed by atoms with Crippen LogP contribution in [0.1, 0.15) is 37.3 Å². The second-order valence-corrected chi connectivity index (χ2v) is 7.35. The number of nitrogens with one attached hydrogen (secondary N) is 2. The Morgan fingerprint density at radius 2 is 2.00 bits per heavy atom. The van der Waals surface area contributed by atoms with Gasteiger partial charge in [-0.25, -0.2) is 0 Å². The normalized spacial score (nSPS) is 35.5. The molecule has 1 aromatic rings. The SMILES string of the molecule is CC1([C@H]2C[C@@H]2NC2CCNCC2)C=Cc2ccccc2C1. The van der Waals surface area contributed by atoms with Crippen LogP contribution in [0.5, 0.6) is 0 Å². The maximum Gasteiger partial charge on any atom is 0.0110 e. The van der Waals surface area contributed by atoms with E-state index < -0.39 is 0 Å². The lowest BCUT2D eigenvalue weighted by atomic mass is 9.74. The molecule has 112 valence electrons. The first-order chi connectivity index (χ1) is 10.2. The van der Waals surface area contributed by atoms with Gasteiger partial charge in [0.1, 0.15) is 0 Å². The largest absolute Gasteiger partial charge is 0.317 e. The molecule has 1 aliphatic heterocycles. The van der Waals surface area contributed by atoms with Crippen molar-refractivity contribution in [1.82, 2.24) is 10.6 Å². The van der Waals surface area contributed by atoms with E-state index in [1.807, 2.05) is 0 Å². The van der Waals surface area contributed by atoms with Gasteiger partial charge < -0.3 is 10.6 Å². The fourth-order valence-electron chi connectivity index (χ4n) is 4.26. The lowest BCUT2D eigenvalue weighted by Crippen LogP contribution is -2.42. The third-order valence-corrected chi connectivity index (χ3v) is 5.70. The smallest absolute Gasteiger partial charge is 0.0110 e. The highest BCUT2D eigenvalue weighted by molar-refractivity contribution is 5.58. The van der Waals surface area contributed by atoms with Gasteiger partial charge in [0.2, 0.25) is 0 Å². The molecule has 2 aliphatic carbocycles. The van der Waals surface area contributed by atoms with Gasteiger partial charge in [0, 0.05) is 12.1 Å². The van der Waals surface area contributed by atoms with Crippen LogP contribution in [0, 0.1) is 11.3 Å². The molecular weight excluding hydrogens is 256 g/mol. The third kappa shape index (κ3) is 2.67. The van der Waals surface area contributed by atoms with Gasteiger partial charge in [0.15, 0.2) is 0 Å². The maximum absolute atomic E-state index is 3.92. The lowest BCUT2D eigenvalue weighted by Gasteiger charge is -2.32. The summed E-state index contributed by atoms with van der Waals surface area (Å²) in [5.74, 6) is 0.817. The zero-order valence-electron chi connectivity index (χ0n) is 12.9. The minimum atomic E-state index is 0.346. The zero-order valence-corrected chi connectivity index (χ0v) is 12.9. The highest BCUT2D eigenvalue weighted by atomic mass is 15.0. The van der Waals surface area contributed by atoms with E-state index >= 15 is 0 Å². The number of piperidine rings is 1. The molecule has 0 bridgehead atoms. The summed E-state index contributed by atoms with van der Waals surface area (Å²) in [5, 5.41) is 7.37. The lowest BCUT2D eigenvalue weighted by molar-refractivity contribution is 0.319. The van der Waals surface area contributed by atoms with E-state index in [1.165, 1.54) is 49.9 Å². The molecule has 2 N–H and O–H groups in total. The van der Waals surface area contributed by atoms with E-state index in [2.05, 4.69) is 54.0 Å². The van der Waals surface area contributed by atoms with Crippen molar-refractivity contribution >= 4 is 6.08 Å². The molecule has 2 heteroatoms. The van der Waals surface area contributed by atoms with Gasteiger partial charge in [0.25, 0.3) is 0 Å². The molecule has 4 rings (SSSR count). The number of hydrogen-bond donors (Lipinski definition) is 2. The number of rotatable bonds is 3. The number of allylic oxidation sites excluding steroid dienone is 1. The Labute approximate surface area is 128 Å². The second kappa shape index (κ2) is 5.26. The number of hydrogen-bond acceptors (Lipinski definition) is 2. The van der Waals surface area contributed by atoms with Gasteiger partial charge in [-0.1, -0.05) is 43.3 Å². The summed E-state index contributed by atoms with van der Waals surface area (Å²) in [5.41, 5.74) is 3.28. The summed E-state index contributed by atoms with van der Waals surface area (Å²) in [6.07, 6.45) is 9.96. The minimum absolute atomic E-state index is 0.346. The highest BCUT2D eigenvalue weighted by Crippen LogP contribution is 2.51. The summed E-state index contributed by atoms with van der Waals surface area (Å²) in [7, 11) is 0. The Balaban J connectivity index is 1.41. The molecule has 1 saturated carbocycles. The Kier molecular flexibility index (Phi) is 3.39. The first kappa shape index (κ1) is 13.5. The minimum Gasteiger partial charge on any atom is -0.317 e. The van der Waals surface area contributed by atoms with E-state index in [1.54, 1.807) is 0 Å². The van der Waals surface area contributed by atoms with E-state index in [9.17, 15) is 0 Å². The molecule has 0 radical (unpaired) electrons. The van der Waals surface area contributed by atoms with Crippen molar-refractivity contribution in [2.75, 3.05) is 13.1 Å². The molecule has 1 saturated heterocycles. The average molecular weight is 282 g/mol. The van der Waals surface area contributed by atoms with Crippen LogP contribution in [-0.4, -0.2) is 25.2 Å². The Morgan fingerprint density at radius 3 is 2.86 bits per heavy atom. The molecule has 0 spiro atoms. The van der Waals surface area contributed by atoms with Crippen LogP contribution in [0.2, 0.25) is 0 Å². The van der Waals surface area contributed by atoms with E-state index in [-0.39, 0.29) is 0 Å². The Bertz CT molecular complexity index is 544. The van der Waals surface area contributed by atoms with E-state index in [4.69, 9.17) is 0 Å².